The van der Waals surface area contributed by atoms with Crippen LogP contribution >= 0.6 is 11.6 Å². The summed E-state index contributed by atoms with van der Waals surface area (Å²) in [5.74, 6) is -0.401. The zero-order valence-corrected chi connectivity index (χ0v) is 17.2. The number of para-hydroxylation sites is 1. The lowest BCUT2D eigenvalue weighted by atomic mass is 10.1. The van der Waals surface area contributed by atoms with E-state index in [4.69, 9.17) is 16.3 Å². The van der Waals surface area contributed by atoms with Crippen LogP contribution in [0.15, 0.2) is 78.4 Å². The largest absolute Gasteiger partial charge is 0.488 e. The molecule has 0 unspecified atom stereocenters. The van der Waals surface area contributed by atoms with E-state index in [0.29, 0.717) is 16.3 Å². The van der Waals surface area contributed by atoms with Gasteiger partial charge in [0.25, 0.3) is 5.91 Å². The van der Waals surface area contributed by atoms with E-state index in [9.17, 15) is 23.2 Å². The van der Waals surface area contributed by atoms with E-state index in [-0.39, 0.29) is 17.9 Å². The molecule has 1 amide bonds. The van der Waals surface area contributed by atoms with Crippen molar-refractivity contribution >= 4 is 29.3 Å². The van der Waals surface area contributed by atoms with Crippen LogP contribution in [0.3, 0.4) is 0 Å². The second-order valence-electron chi connectivity index (χ2n) is 6.66. The summed E-state index contributed by atoms with van der Waals surface area (Å²) in [5.41, 5.74) is 0.0788. The molecule has 0 bridgehead atoms. The highest BCUT2D eigenvalue weighted by Gasteiger charge is 2.30. The van der Waals surface area contributed by atoms with Crippen molar-refractivity contribution in [1.29, 1.82) is 5.26 Å². The van der Waals surface area contributed by atoms with Gasteiger partial charge >= 0.3 is 6.18 Å². The van der Waals surface area contributed by atoms with Crippen molar-refractivity contribution in [2.24, 2.45) is 0 Å². The highest BCUT2D eigenvalue weighted by Crippen LogP contribution is 2.31. The average Bonchev–Trinajstić information content (AvgIpc) is 2.77. The Bertz CT molecular complexity index is 1180. The summed E-state index contributed by atoms with van der Waals surface area (Å²) in [6.45, 7) is 0.236. The number of amides is 1. The molecule has 0 aliphatic rings. The van der Waals surface area contributed by atoms with Gasteiger partial charge in [-0.2, -0.15) is 18.4 Å². The molecule has 0 aliphatic carbocycles. The van der Waals surface area contributed by atoms with Crippen molar-refractivity contribution in [3.05, 3.63) is 100 Å². The first-order chi connectivity index (χ1) is 15.3. The molecule has 0 saturated carbocycles. The minimum atomic E-state index is -4.55. The summed E-state index contributed by atoms with van der Waals surface area (Å²) in [7, 11) is 0. The Hall–Kier alpha value is -3.76. The van der Waals surface area contributed by atoms with E-state index in [1.165, 1.54) is 18.2 Å². The molecule has 8 heteroatoms. The number of rotatable bonds is 6. The maximum atomic E-state index is 12.9. The highest BCUT2D eigenvalue weighted by molar-refractivity contribution is 6.30. The zero-order chi connectivity index (χ0) is 23.1. The second-order valence-corrected chi connectivity index (χ2v) is 7.09. The standard InChI is InChI=1S/C24H16ClF3N2O2/c25-20-10-8-16(9-11-20)15-32-22-7-2-1-4-17(22)12-18(14-29)23(31)30-21-6-3-5-19(13-21)24(26,27)28/h1-13H,15H2,(H,30,31)/b18-12+. The molecule has 0 saturated heterocycles. The molecule has 0 radical (unpaired) electrons. The van der Waals surface area contributed by atoms with Crippen LogP contribution in [0.2, 0.25) is 5.02 Å². The number of alkyl halides is 3. The minimum Gasteiger partial charge on any atom is -0.488 e. The number of nitrogens with one attached hydrogen (secondary N) is 1. The number of halogens is 4. The van der Waals surface area contributed by atoms with E-state index in [1.807, 2.05) is 12.1 Å². The molecular formula is C24H16ClF3N2O2. The molecule has 0 aromatic heterocycles. The van der Waals surface area contributed by atoms with Crippen LogP contribution in [-0.2, 0) is 17.6 Å². The molecule has 4 nitrogen and oxygen atoms in total. The average molecular weight is 457 g/mol. The Morgan fingerprint density at radius 3 is 2.47 bits per heavy atom. The number of anilines is 1. The third kappa shape index (κ3) is 6.13. The number of hydrogen-bond donors (Lipinski definition) is 1. The third-order valence-corrected chi connectivity index (χ3v) is 4.59. The Morgan fingerprint density at radius 1 is 1.06 bits per heavy atom. The molecule has 3 rings (SSSR count). The fourth-order valence-electron chi connectivity index (χ4n) is 2.75. The first kappa shape index (κ1) is 22.9. The van der Waals surface area contributed by atoms with Crippen LogP contribution in [0.5, 0.6) is 5.75 Å². The van der Waals surface area contributed by atoms with Crippen molar-refractivity contribution in [2.45, 2.75) is 12.8 Å². The fraction of sp³-hybridized carbons (Fsp3) is 0.0833. The number of nitriles is 1. The van der Waals surface area contributed by atoms with E-state index in [2.05, 4.69) is 5.32 Å². The first-order valence-corrected chi connectivity index (χ1v) is 9.71. The number of ether oxygens (including phenoxy) is 1. The molecular weight excluding hydrogens is 441 g/mol. The van der Waals surface area contributed by atoms with Gasteiger partial charge in [0.2, 0.25) is 0 Å². The quantitative estimate of drug-likeness (QED) is 0.341. The predicted octanol–water partition coefficient (Wildman–Crippen LogP) is 6.48. The minimum absolute atomic E-state index is 0.0711. The van der Waals surface area contributed by atoms with Gasteiger partial charge < -0.3 is 10.1 Å². The van der Waals surface area contributed by atoms with E-state index in [1.54, 1.807) is 42.5 Å². The molecule has 32 heavy (non-hydrogen) atoms. The SMILES string of the molecule is N#C/C(=C\c1ccccc1OCc1ccc(Cl)cc1)C(=O)Nc1cccc(C(F)(F)F)c1. The molecule has 1 N–H and O–H groups in total. The summed E-state index contributed by atoms with van der Waals surface area (Å²) < 4.78 is 44.4. The lowest BCUT2D eigenvalue weighted by Crippen LogP contribution is -2.14. The Morgan fingerprint density at radius 2 is 1.78 bits per heavy atom. The van der Waals surface area contributed by atoms with Crippen molar-refractivity contribution in [2.75, 3.05) is 5.32 Å². The van der Waals surface area contributed by atoms with Gasteiger partial charge in [0.15, 0.2) is 0 Å². The Labute approximate surface area is 187 Å². The van der Waals surface area contributed by atoms with Crippen LogP contribution in [-0.4, -0.2) is 5.91 Å². The normalized spacial score (nSPS) is 11.5. The first-order valence-electron chi connectivity index (χ1n) is 9.33. The van der Waals surface area contributed by atoms with Crippen LogP contribution < -0.4 is 10.1 Å². The van der Waals surface area contributed by atoms with Crippen molar-refractivity contribution < 1.29 is 22.7 Å². The molecule has 0 atom stereocenters. The molecule has 162 valence electrons. The van der Waals surface area contributed by atoms with Crippen LogP contribution in [0.1, 0.15) is 16.7 Å². The molecule has 3 aromatic rings. The number of carbonyl (C=O) groups excluding carboxylic acids is 1. The van der Waals surface area contributed by atoms with Crippen LogP contribution in [0.4, 0.5) is 18.9 Å². The maximum absolute atomic E-state index is 12.9. The lowest BCUT2D eigenvalue weighted by molar-refractivity contribution is -0.137. The second kappa shape index (κ2) is 10.0. The molecule has 0 aliphatic heterocycles. The number of hydrogen-bond acceptors (Lipinski definition) is 3. The highest BCUT2D eigenvalue weighted by atomic mass is 35.5. The van der Waals surface area contributed by atoms with Gasteiger partial charge in [-0.25, -0.2) is 0 Å². The summed E-state index contributed by atoms with van der Waals surface area (Å²) in [6.07, 6.45) is -3.23. The third-order valence-electron chi connectivity index (χ3n) is 4.34. The van der Waals surface area contributed by atoms with Gasteiger partial charge in [0.05, 0.1) is 5.56 Å². The smallest absolute Gasteiger partial charge is 0.416 e. The van der Waals surface area contributed by atoms with Crippen molar-refractivity contribution in [1.82, 2.24) is 0 Å². The van der Waals surface area contributed by atoms with Gasteiger partial charge in [-0.15, -0.1) is 0 Å². The molecule has 0 fully saturated rings. The number of carbonyl (C=O) groups is 1. The number of benzene rings is 3. The predicted molar refractivity (Wildman–Crippen MR) is 116 cm³/mol. The lowest BCUT2D eigenvalue weighted by Gasteiger charge is -2.11. The van der Waals surface area contributed by atoms with Gasteiger partial charge in [0, 0.05) is 16.3 Å². The summed E-state index contributed by atoms with van der Waals surface area (Å²) in [6, 6.07) is 19.8. The van der Waals surface area contributed by atoms with E-state index < -0.39 is 17.6 Å². The van der Waals surface area contributed by atoms with Gasteiger partial charge in [-0.3, -0.25) is 4.79 Å². The van der Waals surface area contributed by atoms with Gasteiger partial charge in [-0.1, -0.05) is 48.0 Å². The molecule has 0 spiro atoms. The van der Waals surface area contributed by atoms with E-state index >= 15 is 0 Å². The van der Waals surface area contributed by atoms with Crippen molar-refractivity contribution in [3.8, 4) is 11.8 Å². The van der Waals surface area contributed by atoms with Crippen molar-refractivity contribution in [3.63, 3.8) is 0 Å². The monoisotopic (exact) mass is 456 g/mol. The fourth-order valence-corrected chi connectivity index (χ4v) is 2.87. The van der Waals surface area contributed by atoms with Gasteiger partial charge in [0.1, 0.15) is 24.0 Å². The number of nitrogens with zero attached hydrogens (tertiary/aromatic N) is 1. The molecule has 3 aromatic carbocycles. The Balaban J connectivity index is 1.78. The van der Waals surface area contributed by atoms with Crippen LogP contribution in [0, 0.1) is 11.3 Å². The molecule has 0 heterocycles. The summed E-state index contributed by atoms with van der Waals surface area (Å²) >= 11 is 5.87. The summed E-state index contributed by atoms with van der Waals surface area (Å²) in [5, 5.41) is 12.4. The van der Waals surface area contributed by atoms with E-state index in [0.717, 1.165) is 17.7 Å². The van der Waals surface area contributed by atoms with Gasteiger partial charge in [-0.05, 0) is 48.0 Å². The topological polar surface area (TPSA) is 62.1 Å². The van der Waals surface area contributed by atoms with Crippen LogP contribution in [0.25, 0.3) is 6.08 Å². The maximum Gasteiger partial charge on any atom is 0.416 e. The zero-order valence-electron chi connectivity index (χ0n) is 16.5. The Kier molecular flexibility index (Phi) is 7.18. The summed E-state index contributed by atoms with van der Waals surface area (Å²) in [4.78, 5) is 12.5.